The van der Waals surface area contributed by atoms with Crippen LogP contribution in [0.5, 0.6) is 0 Å². The minimum atomic E-state index is 0.0878. The molecule has 0 aliphatic carbocycles. The molecule has 130 valence electrons. The summed E-state index contributed by atoms with van der Waals surface area (Å²) in [6.07, 6.45) is 6.56. The molecule has 6 heteroatoms. The number of hydrogen-bond donors (Lipinski definition) is 0. The average Bonchev–Trinajstić information content (AvgIpc) is 3.27. The molecule has 0 saturated carbocycles. The van der Waals surface area contributed by atoms with Gasteiger partial charge in [-0.2, -0.15) is 5.10 Å². The molecule has 1 aliphatic rings. The van der Waals surface area contributed by atoms with E-state index in [-0.39, 0.29) is 11.9 Å². The molecule has 3 aromatic rings. The third kappa shape index (κ3) is 3.44. The lowest BCUT2D eigenvalue weighted by molar-refractivity contribution is -0.135. The summed E-state index contributed by atoms with van der Waals surface area (Å²) in [6.45, 7) is 2.80. The summed E-state index contributed by atoms with van der Waals surface area (Å²) < 4.78 is 1.80. The number of carbonyl (C=O) groups is 1. The Morgan fingerprint density at radius 2 is 2.28 bits per heavy atom. The Labute approximate surface area is 151 Å². The van der Waals surface area contributed by atoms with Gasteiger partial charge in [0.05, 0.1) is 17.4 Å². The van der Waals surface area contributed by atoms with E-state index in [4.69, 9.17) is 4.98 Å². The number of thiophene rings is 1. The first-order valence-corrected chi connectivity index (χ1v) is 9.73. The summed E-state index contributed by atoms with van der Waals surface area (Å²) in [7, 11) is 0. The molecule has 0 radical (unpaired) electrons. The van der Waals surface area contributed by atoms with E-state index in [9.17, 15) is 4.79 Å². The highest BCUT2D eigenvalue weighted by molar-refractivity contribution is 7.09. The SMILES string of the molecule is Cc1cc2nc([C@H]3CCCCN3C(=O)CCc3cccs3)ccn2n1. The number of amides is 1. The van der Waals surface area contributed by atoms with Crippen molar-refractivity contribution in [3.8, 4) is 0 Å². The molecule has 0 aromatic carbocycles. The minimum Gasteiger partial charge on any atom is -0.334 e. The van der Waals surface area contributed by atoms with E-state index in [1.807, 2.05) is 36.2 Å². The van der Waals surface area contributed by atoms with Crippen LogP contribution in [0, 0.1) is 6.92 Å². The number of nitrogens with zero attached hydrogens (tertiary/aromatic N) is 4. The highest BCUT2D eigenvalue weighted by Crippen LogP contribution is 2.31. The molecule has 0 spiro atoms. The van der Waals surface area contributed by atoms with Crippen LogP contribution >= 0.6 is 11.3 Å². The van der Waals surface area contributed by atoms with E-state index in [0.717, 1.165) is 49.3 Å². The Kier molecular flexibility index (Phi) is 4.53. The molecule has 0 unspecified atom stereocenters. The molecule has 1 fully saturated rings. The standard InChI is InChI=1S/C19H22N4OS/c1-14-13-18-20-16(9-11-23(18)21-14)17-6-2-3-10-22(17)19(24)8-7-15-5-4-12-25-15/h4-5,9,11-13,17H,2-3,6-8,10H2,1H3/t17-/m1/s1. The van der Waals surface area contributed by atoms with Gasteiger partial charge in [-0.25, -0.2) is 9.50 Å². The number of likely N-dealkylation sites (tertiary alicyclic amines) is 1. The number of rotatable bonds is 4. The maximum Gasteiger partial charge on any atom is 0.223 e. The molecule has 1 saturated heterocycles. The zero-order valence-corrected chi connectivity index (χ0v) is 15.2. The molecule has 4 rings (SSSR count). The largest absolute Gasteiger partial charge is 0.334 e. The number of fused-ring (bicyclic) bond motifs is 1. The Balaban J connectivity index is 1.53. The lowest BCUT2D eigenvalue weighted by Gasteiger charge is -2.35. The summed E-state index contributed by atoms with van der Waals surface area (Å²) >= 11 is 1.72. The van der Waals surface area contributed by atoms with Crippen molar-refractivity contribution in [3.05, 3.63) is 52.1 Å². The first kappa shape index (κ1) is 16.3. The lowest BCUT2D eigenvalue weighted by Crippen LogP contribution is -2.39. The normalized spacial score (nSPS) is 18.0. The molecule has 1 atom stereocenters. The molecule has 3 aromatic heterocycles. The second kappa shape index (κ2) is 6.96. The number of carbonyl (C=O) groups excluding carboxylic acids is 1. The van der Waals surface area contributed by atoms with E-state index >= 15 is 0 Å². The van der Waals surface area contributed by atoms with Gasteiger partial charge in [0.1, 0.15) is 0 Å². The van der Waals surface area contributed by atoms with E-state index in [1.165, 1.54) is 4.88 Å². The monoisotopic (exact) mass is 354 g/mol. The molecule has 5 nitrogen and oxygen atoms in total. The smallest absolute Gasteiger partial charge is 0.223 e. The minimum absolute atomic E-state index is 0.0878. The molecule has 0 N–H and O–H groups in total. The van der Waals surface area contributed by atoms with Gasteiger partial charge in [0.25, 0.3) is 0 Å². The van der Waals surface area contributed by atoms with Gasteiger partial charge in [-0.1, -0.05) is 6.07 Å². The Morgan fingerprint density at radius 3 is 3.12 bits per heavy atom. The molecule has 4 heterocycles. The third-order valence-electron chi connectivity index (χ3n) is 4.80. The van der Waals surface area contributed by atoms with Crippen LogP contribution in [0.4, 0.5) is 0 Å². The van der Waals surface area contributed by atoms with Gasteiger partial charge in [0.15, 0.2) is 5.65 Å². The molecular formula is C19H22N4OS. The van der Waals surface area contributed by atoms with Gasteiger partial charge in [-0.3, -0.25) is 4.79 Å². The summed E-state index contributed by atoms with van der Waals surface area (Å²) in [5.74, 6) is 0.240. The summed E-state index contributed by atoms with van der Waals surface area (Å²) in [4.78, 5) is 20.9. The molecular weight excluding hydrogens is 332 g/mol. The van der Waals surface area contributed by atoms with Crippen LogP contribution in [0.25, 0.3) is 5.65 Å². The van der Waals surface area contributed by atoms with Gasteiger partial charge in [-0.05, 0) is 50.1 Å². The maximum atomic E-state index is 12.8. The van der Waals surface area contributed by atoms with Crippen molar-refractivity contribution in [2.24, 2.45) is 0 Å². The quantitative estimate of drug-likeness (QED) is 0.716. The van der Waals surface area contributed by atoms with Gasteiger partial charge in [0, 0.05) is 30.1 Å². The van der Waals surface area contributed by atoms with Crippen molar-refractivity contribution in [1.82, 2.24) is 19.5 Å². The van der Waals surface area contributed by atoms with E-state index in [2.05, 4.69) is 16.5 Å². The summed E-state index contributed by atoms with van der Waals surface area (Å²) in [6, 6.07) is 8.22. The van der Waals surface area contributed by atoms with E-state index in [0.29, 0.717) is 6.42 Å². The molecule has 25 heavy (non-hydrogen) atoms. The summed E-state index contributed by atoms with van der Waals surface area (Å²) in [5, 5.41) is 6.45. The van der Waals surface area contributed by atoms with Gasteiger partial charge in [0.2, 0.25) is 5.91 Å². The number of aryl methyl sites for hydroxylation is 2. The van der Waals surface area contributed by atoms with Crippen molar-refractivity contribution in [2.75, 3.05) is 6.54 Å². The first-order chi connectivity index (χ1) is 12.2. The van der Waals surface area contributed by atoms with Gasteiger partial charge >= 0.3 is 0 Å². The predicted octanol–water partition coefficient (Wildman–Crippen LogP) is 3.79. The van der Waals surface area contributed by atoms with Crippen LogP contribution < -0.4 is 0 Å². The Bertz CT molecular complexity index is 871. The van der Waals surface area contributed by atoms with Gasteiger partial charge in [-0.15, -0.1) is 11.3 Å². The van der Waals surface area contributed by atoms with Crippen LogP contribution in [-0.2, 0) is 11.2 Å². The highest BCUT2D eigenvalue weighted by Gasteiger charge is 2.28. The zero-order valence-electron chi connectivity index (χ0n) is 14.4. The van der Waals surface area contributed by atoms with Crippen molar-refractivity contribution >= 4 is 22.9 Å². The number of piperidine rings is 1. The van der Waals surface area contributed by atoms with Crippen LogP contribution in [-0.4, -0.2) is 31.9 Å². The Hall–Kier alpha value is -2.21. The maximum absolute atomic E-state index is 12.8. The van der Waals surface area contributed by atoms with Crippen LogP contribution in [0.3, 0.4) is 0 Å². The average molecular weight is 354 g/mol. The molecule has 1 aliphatic heterocycles. The lowest BCUT2D eigenvalue weighted by atomic mass is 9.98. The Morgan fingerprint density at radius 1 is 1.36 bits per heavy atom. The predicted molar refractivity (Wildman–Crippen MR) is 98.7 cm³/mol. The number of aromatic nitrogens is 3. The second-order valence-electron chi connectivity index (χ2n) is 6.62. The molecule has 0 bridgehead atoms. The third-order valence-corrected chi connectivity index (χ3v) is 5.73. The zero-order chi connectivity index (χ0) is 17.2. The van der Waals surface area contributed by atoms with Crippen LogP contribution in [0.2, 0.25) is 0 Å². The van der Waals surface area contributed by atoms with Crippen molar-refractivity contribution in [2.45, 2.75) is 45.1 Å². The van der Waals surface area contributed by atoms with Gasteiger partial charge < -0.3 is 4.90 Å². The van der Waals surface area contributed by atoms with Crippen molar-refractivity contribution in [1.29, 1.82) is 0 Å². The van der Waals surface area contributed by atoms with E-state index < -0.39 is 0 Å². The topological polar surface area (TPSA) is 50.5 Å². The second-order valence-corrected chi connectivity index (χ2v) is 7.65. The fourth-order valence-electron chi connectivity index (χ4n) is 3.56. The summed E-state index contributed by atoms with van der Waals surface area (Å²) in [5.41, 5.74) is 2.79. The van der Waals surface area contributed by atoms with Crippen molar-refractivity contribution < 1.29 is 4.79 Å². The highest BCUT2D eigenvalue weighted by atomic mass is 32.1. The van der Waals surface area contributed by atoms with Crippen LogP contribution in [0.1, 0.15) is 48.0 Å². The van der Waals surface area contributed by atoms with Crippen molar-refractivity contribution in [3.63, 3.8) is 0 Å². The van der Waals surface area contributed by atoms with Crippen LogP contribution in [0.15, 0.2) is 35.8 Å². The fourth-order valence-corrected chi connectivity index (χ4v) is 4.27. The fraction of sp³-hybridized carbons (Fsp3) is 0.421. The molecule has 1 amide bonds. The van der Waals surface area contributed by atoms with E-state index in [1.54, 1.807) is 15.9 Å². The first-order valence-electron chi connectivity index (χ1n) is 8.85. The number of hydrogen-bond acceptors (Lipinski definition) is 4.